The minimum absolute atomic E-state index is 0.0915. The summed E-state index contributed by atoms with van der Waals surface area (Å²) in [6, 6.07) is 0. The molecular formula is C77H138O6. The Balaban J connectivity index is 4.27. The lowest BCUT2D eigenvalue weighted by Crippen LogP contribution is -2.30. The van der Waals surface area contributed by atoms with Crippen molar-refractivity contribution in [2.24, 2.45) is 0 Å². The number of esters is 3. The average molecular weight is 1160 g/mol. The Morgan fingerprint density at radius 1 is 0.253 bits per heavy atom. The fourth-order valence-corrected chi connectivity index (χ4v) is 10.8. The van der Waals surface area contributed by atoms with Crippen LogP contribution in [-0.2, 0) is 28.6 Å². The second-order valence-corrected chi connectivity index (χ2v) is 24.5. The summed E-state index contributed by atoms with van der Waals surface area (Å²) in [7, 11) is 0. The number of hydrogen-bond acceptors (Lipinski definition) is 6. The first-order valence-corrected chi connectivity index (χ1v) is 36.4. The van der Waals surface area contributed by atoms with Crippen LogP contribution >= 0.6 is 0 Å². The zero-order valence-electron chi connectivity index (χ0n) is 55.5. The van der Waals surface area contributed by atoms with Crippen LogP contribution in [0.15, 0.2) is 72.9 Å². The van der Waals surface area contributed by atoms with Gasteiger partial charge in [0.05, 0.1) is 0 Å². The van der Waals surface area contributed by atoms with E-state index in [1.54, 1.807) is 0 Å². The Bertz CT molecular complexity index is 1520. The van der Waals surface area contributed by atoms with Gasteiger partial charge >= 0.3 is 17.9 Å². The second-order valence-electron chi connectivity index (χ2n) is 24.5. The van der Waals surface area contributed by atoms with Gasteiger partial charge in [-0.3, -0.25) is 14.4 Å². The number of unbranched alkanes of at least 4 members (excludes halogenated alkanes) is 44. The Morgan fingerprint density at radius 2 is 0.482 bits per heavy atom. The van der Waals surface area contributed by atoms with E-state index in [9.17, 15) is 14.4 Å². The van der Waals surface area contributed by atoms with Crippen molar-refractivity contribution in [2.75, 3.05) is 13.2 Å². The van der Waals surface area contributed by atoms with Crippen molar-refractivity contribution in [3.05, 3.63) is 72.9 Å². The fourth-order valence-electron chi connectivity index (χ4n) is 10.8. The highest BCUT2D eigenvalue weighted by Crippen LogP contribution is 2.18. The highest BCUT2D eigenvalue weighted by molar-refractivity contribution is 5.71. The summed E-state index contributed by atoms with van der Waals surface area (Å²) >= 11 is 0. The van der Waals surface area contributed by atoms with Crippen molar-refractivity contribution in [3.63, 3.8) is 0 Å². The monoisotopic (exact) mass is 1160 g/mol. The fraction of sp³-hybridized carbons (Fsp3) is 0.805. The van der Waals surface area contributed by atoms with E-state index in [0.717, 1.165) is 77.0 Å². The van der Waals surface area contributed by atoms with E-state index in [1.165, 1.54) is 257 Å². The van der Waals surface area contributed by atoms with Gasteiger partial charge in [0.15, 0.2) is 6.10 Å². The summed E-state index contributed by atoms with van der Waals surface area (Å²) in [4.78, 5) is 38.4. The molecule has 0 saturated heterocycles. The standard InChI is InChI=1S/C77H138O6/c1-4-7-10-13-16-19-22-25-28-31-33-34-35-36-37-38-39-40-41-42-43-44-47-49-52-55-58-61-64-67-70-76(79)82-73-74(72-81-75(78)69-66-63-60-57-54-51-48-45-30-27-24-21-18-15-12-9-6-3)83-77(80)71-68-65-62-59-56-53-50-46-32-29-26-23-20-17-14-11-8-5-2/h9,12,18,21,27,29-30,32,48,51,57,60,74H,4-8,10-11,13-17,19-20,22-26,28,31,33-47,49-50,52-56,58-59,61-73H2,1-3H3/b12-9-,21-18-,30-27-,32-29-,51-48-,60-57-. The first-order chi connectivity index (χ1) is 41.0. The van der Waals surface area contributed by atoms with Crippen LogP contribution in [0.5, 0.6) is 0 Å². The van der Waals surface area contributed by atoms with Crippen molar-refractivity contribution < 1.29 is 28.6 Å². The van der Waals surface area contributed by atoms with Gasteiger partial charge in [0, 0.05) is 19.3 Å². The third-order valence-electron chi connectivity index (χ3n) is 16.2. The van der Waals surface area contributed by atoms with Gasteiger partial charge in [-0.25, -0.2) is 0 Å². The minimum Gasteiger partial charge on any atom is -0.462 e. The lowest BCUT2D eigenvalue weighted by atomic mass is 10.0. The molecular weight excluding hydrogens is 1020 g/mol. The molecule has 6 heteroatoms. The number of allylic oxidation sites excluding steroid dienone is 12. The van der Waals surface area contributed by atoms with Crippen LogP contribution in [0.1, 0.15) is 380 Å². The van der Waals surface area contributed by atoms with Crippen molar-refractivity contribution in [1.29, 1.82) is 0 Å². The lowest BCUT2D eigenvalue weighted by Gasteiger charge is -2.18. The van der Waals surface area contributed by atoms with Crippen LogP contribution in [-0.4, -0.2) is 37.2 Å². The number of rotatable bonds is 67. The summed E-state index contributed by atoms with van der Waals surface area (Å²) in [6.07, 6.45) is 93.9. The molecule has 0 aliphatic rings. The van der Waals surface area contributed by atoms with E-state index in [2.05, 4.69) is 93.7 Å². The van der Waals surface area contributed by atoms with Crippen LogP contribution in [0.25, 0.3) is 0 Å². The third kappa shape index (κ3) is 69.5. The molecule has 0 aliphatic heterocycles. The number of carbonyl (C=O) groups is 3. The molecule has 0 saturated carbocycles. The first kappa shape index (κ1) is 79.8. The third-order valence-corrected chi connectivity index (χ3v) is 16.2. The smallest absolute Gasteiger partial charge is 0.306 e. The summed E-state index contributed by atoms with van der Waals surface area (Å²) in [5, 5.41) is 0. The Hall–Kier alpha value is -3.15. The molecule has 0 rings (SSSR count). The van der Waals surface area contributed by atoms with Gasteiger partial charge in [0.25, 0.3) is 0 Å². The van der Waals surface area contributed by atoms with Gasteiger partial charge in [-0.2, -0.15) is 0 Å². The Labute approximate surface area is 516 Å². The molecule has 0 fully saturated rings. The topological polar surface area (TPSA) is 78.9 Å². The predicted octanol–water partition coefficient (Wildman–Crippen LogP) is 25.2. The second kappa shape index (κ2) is 71.3. The highest BCUT2D eigenvalue weighted by Gasteiger charge is 2.19. The molecule has 0 aromatic rings. The SMILES string of the molecule is CC/C=C\C/C=C\C/C=C\C/C=C\C/C=C\CCCC(=O)OCC(COC(=O)CCCCCCCCCCCCCCCCCCCCCCCCCCCCCCCC)OC(=O)CCCCCCCCC/C=C\CCCCCCCCC. The Kier molecular flexibility index (Phi) is 68.6. The van der Waals surface area contributed by atoms with Crippen LogP contribution in [0.3, 0.4) is 0 Å². The van der Waals surface area contributed by atoms with E-state index in [1.807, 2.05) is 0 Å². The summed E-state index contributed by atoms with van der Waals surface area (Å²) < 4.78 is 16.9. The lowest BCUT2D eigenvalue weighted by molar-refractivity contribution is -0.167. The molecule has 0 N–H and O–H groups in total. The molecule has 0 aromatic carbocycles. The molecule has 482 valence electrons. The molecule has 83 heavy (non-hydrogen) atoms. The van der Waals surface area contributed by atoms with Gasteiger partial charge in [0.2, 0.25) is 0 Å². The zero-order valence-corrected chi connectivity index (χ0v) is 55.5. The molecule has 0 heterocycles. The van der Waals surface area contributed by atoms with Gasteiger partial charge in [0.1, 0.15) is 13.2 Å². The van der Waals surface area contributed by atoms with Crippen molar-refractivity contribution in [2.45, 2.75) is 386 Å². The maximum Gasteiger partial charge on any atom is 0.306 e. The molecule has 1 unspecified atom stereocenters. The van der Waals surface area contributed by atoms with Crippen LogP contribution in [0, 0.1) is 0 Å². The number of ether oxygens (including phenoxy) is 3. The molecule has 0 radical (unpaired) electrons. The van der Waals surface area contributed by atoms with Gasteiger partial charge in [-0.1, -0.05) is 351 Å². The van der Waals surface area contributed by atoms with Crippen LogP contribution < -0.4 is 0 Å². The van der Waals surface area contributed by atoms with E-state index in [0.29, 0.717) is 19.3 Å². The molecule has 0 aromatic heterocycles. The summed E-state index contributed by atoms with van der Waals surface area (Å²) in [5.41, 5.74) is 0. The van der Waals surface area contributed by atoms with Gasteiger partial charge in [-0.05, 0) is 83.5 Å². The average Bonchev–Trinajstić information content (AvgIpc) is 3.49. The predicted molar refractivity (Wildman–Crippen MR) is 362 cm³/mol. The van der Waals surface area contributed by atoms with Gasteiger partial charge < -0.3 is 14.2 Å². The Morgan fingerprint density at radius 3 is 0.795 bits per heavy atom. The normalized spacial score (nSPS) is 12.5. The van der Waals surface area contributed by atoms with Crippen molar-refractivity contribution in [1.82, 2.24) is 0 Å². The summed E-state index contributed by atoms with van der Waals surface area (Å²) in [6.45, 7) is 6.53. The molecule has 0 spiro atoms. The van der Waals surface area contributed by atoms with Crippen molar-refractivity contribution >= 4 is 17.9 Å². The summed E-state index contributed by atoms with van der Waals surface area (Å²) in [5.74, 6) is -0.936. The number of carbonyl (C=O) groups excluding carboxylic acids is 3. The maximum atomic E-state index is 12.9. The van der Waals surface area contributed by atoms with E-state index < -0.39 is 6.10 Å². The van der Waals surface area contributed by atoms with E-state index in [4.69, 9.17) is 14.2 Å². The highest BCUT2D eigenvalue weighted by atomic mass is 16.6. The van der Waals surface area contributed by atoms with Crippen molar-refractivity contribution in [3.8, 4) is 0 Å². The molecule has 6 nitrogen and oxygen atoms in total. The maximum absolute atomic E-state index is 12.9. The van der Waals surface area contributed by atoms with Crippen LogP contribution in [0.2, 0.25) is 0 Å². The number of hydrogen-bond donors (Lipinski definition) is 0. The molecule has 0 amide bonds. The minimum atomic E-state index is -0.801. The van der Waals surface area contributed by atoms with Gasteiger partial charge in [-0.15, -0.1) is 0 Å². The molecule has 1 atom stereocenters. The quantitative estimate of drug-likeness (QED) is 0.0261. The molecule has 0 aliphatic carbocycles. The zero-order chi connectivity index (χ0) is 59.9. The van der Waals surface area contributed by atoms with Crippen LogP contribution in [0.4, 0.5) is 0 Å². The molecule has 0 bridgehead atoms. The van der Waals surface area contributed by atoms with E-state index >= 15 is 0 Å². The largest absolute Gasteiger partial charge is 0.462 e. The van der Waals surface area contributed by atoms with E-state index in [-0.39, 0.29) is 37.5 Å². The first-order valence-electron chi connectivity index (χ1n) is 36.4.